The van der Waals surface area contributed by atoms with Crippen LogP contribution >= 0.6 is 23.2 Å². The first-order valence-electron chi connectivity index (χ1n) is 7.28. The molecule has 0 aromatic heterocycles. The first-order valence-corrected chi connectivity index (χ1v) is 8.03. The Balaban J connectivity index is 2.00. The number of esters is 1. The maximum atomic E-state index is 12.0. The molecular formula is C18H17Cl2NO3. The number of carbonyl (C=O) groups excluding carboxylic acids is 2. The van der Waals surface area contributed by atoms with Crippen LogP contribution in [-0.4, -0.2) is 18.5 Å². The summed E-state index contributed by atoms with van der Waals surface area (Å²) in [4.78, 5) is 24.0. The number of nitrogens with one attached hydrogen (secondary N) is 1. The Kier molecular flexibility index (Phi) is 5.86. The lowest BCUT2D eigenvalue weighted by molar-refractivity contribution is -0.119. The van der Waals surface area contributed by atoms with E-state index in [2.05, 4.69) is 5.32 Å². The van der Waals surface area contributed by atoms with Crippen molar-refractivity contribution in [1.82, 2.24) is 0 Å². The van der Waals surface area contributed by atoms with E-state index in [1.165, 1.54) is 18.2 Å². The van der Waals surface area contributed by atoms with Crippen molar-refractivity contribution in [3.05, 3.63) is 62.6 Å². The highest BCUT2D eigenvalue weighted by molar-refractivity contribution is 6.36. The summed E-state index contributed by atoms with van der Waals surface area (Å²) in [5.41, 5.74) is 3.91. The summed E-state index contributed by atoms with van der Waals surface area (Å²) in [6.45, 7) is 5.41. The van der Waals surface area contributed by atoms with Crippen LogP contribution < -0.4 is 5.32 Å². The van der Waals surface area contributed by atoms with Gasteiger partial charge in [0.15, 0.2) is 6.61 Å². The number of amides is 1. The Labute approximate surface area is 150 Å². The number of halogens is 2. The fourth-order valence-corrected chi connectivity index (χ4v) is 2.90. The summed E-state index contributed by atoms with van der Waals surface area (Å²) in [5.74, 6) is -1.09. The molecule has 0 heterocycles. The topological polar surface area (TPSA) is 55.4 Å². The van der Waals surface area contributed by atoms with Crippen molar-refractivity contribution in [2.75, 3.05) is 11.9 Å². The van der Waals surface area contributed by atoms with E-state index >= 15 is 0 Å². The average Bonchev–Trinajstić information content (AvgIpc) is 2.48. The van der Waals surface area contributed by atoms with Gasteiger partial charge in [0, 0.05) is 10.7 Å². The molecule has 1 N–H and O–H groups in total. The molecule has 0 aliphatic heterocycles. The van der Waals surface area contributed by atoms with Gasteiger partial charge >= 0.3 is 5.97 Å². The first kappa shape index (κ1) is 18.3. The molecule has 0 radical (unpaired) electrons. The predicted octanol–water partition coefficient (Wildman–Crippen LogP) is 4.71. The lowest BCUT2D eigenvalue weighted by Crippen LogP contribution is -2.22. The summed E-state index contributed by atoms with van der Waals surface area (Å²) < 4.78 is 5.01. The SMILES string of the molecule is Cc1cc(C)c(NC(=O)COC(=O)c2ccc(Cl)cc2Cl)c(C)c1. The highest BCUT2D eigenvalue weighted by Gasteiger charge is 2.15. The minimum absolute atomic E-state index is 0.163. The van der Waals surface area contributed by atoms with Gasteiger partial charge < -0.3 is 10.1 Å². The maximum absolute atomic E-state index is 12.0. The van der Waals surface area contributed by atoms with Gasteiger partial charge in [-0.15, -0.1) is 0 Å². The van der Waals surface area contributed by atoms with Crippen LogP contribution in [0.25, 0.3) is 0 Å². The van der Waals surface area contributed by atoms with Crippen LogP contribution in [0.3, 0.4) is 0 Å². The average molecular weight is 366 g/mol. The van der Waals surface area contributed by atoms with Crippen LogP contribution in [0, 0.1) is 20.8 Å². The predicted molar refractivity (Wildman–Crippen MR) is 96.0 cm³/mol. The van der Waals surface area contributed by atoms with Gasteiger partial charge in [-0.05, 0) is 50.1 Å². The Hall–Kier alpha value is -2.04. The molecule has 0 unspecified atom stereocenters. The van der Waals surface area contributed by atoms with Crippen LogP contribution in [0.5, 0.6) is 0 Å². The zero-order chi connectivity index (χ0) is 17.9. The summed E-state index contributed by atoms with van der Waals surface area (Å²) in [7, 11) is 0. The van der Waals surface area contributed by atoms with Crippen LogP contribution in [0.1, 0.15) is 27.0 Å². The molecule has 0 aliphatic carbocycles. The fraction of sp³-hybridized carbons (Fsp3) is 0.222. The summed E-state index contributed by atoms with van der Waals surface area (Å²) in [6, 6.07) is 8.38. The molecule has 24 heavy (non-hydrogen) atoms. The van der Waals surface area contributed by atoms with Crippen molar-refractivity contribution in [3.8, 4) is 0 Å². The third-order valence-corrected chi connectivity index (χ3v) is 3.97. The van der Waals surface area contributed by atoms with Gasteiger partial charge in [0.2, 0.25) is 0 Å². The smallest absolute Gasteiger partial charge is 0.340 e. The van der Waals surface area contributed by atoms with Crippen molar-refractivity contribution >= 4 is 40.8 Å². The van der Waals surface area contributed by atoms with Gasteiger partial charge in [-0.25, -0.2) is 4.79 Å². The lowest BCUT2D eigenvalue weighted by Gasteiger charge is -2.13. The number of rotatable bonds is 4. The highest BCUT2D eigenvalue weighted by Crippen LogP contribution is 2.23. The zero-order valence-electron chi connectivity index (χ0n) is 13.6. The van der Waals surface area contributed by atoms with Gasteiger partial charge in [-0.1, -0.05) is 40.9 Å². The second-order valence-electron chi connectivity index (χ2n) is 5.52. The second kappa shape index (κ2) is 7.69. The standard InChI is InChI=1S/C18H17Cl2NO3/c1-10-6-11(2)17(12(3)7-10)21-16(22)9-24-18(23)14-5-4-13(19)8-15(14)20/h4-8H,9H2,1-3H3,(H,21,22). The molecule has 126 valence electrons. The van der Waals surface area contributed by atoms with E-state index in [4.69, 9.17) is 27.9 Å². The van der Waals surface area contributed by atoms with Crippen LogP contribution in [0.2, 0.25) is 10.0 Å². The number of benzene rings is 2. The highest BCUT2D eigenvalue weighted by atomic mass is 35.5. The molecular weight excluding hydrogens is 349 g/mol. The Bertz CT molecular complexity index is 780. The maximum Gasteiger partial charge on any atom is 0.340 e. The van der Waals surface area contributed by atoms with Crippen molar-refractivity contribution in [1.29, 1.82) is 0 Å². The van der Waals surface area contributed by atoms with Crippen LogP contribution in [0.4, 0.5) is 5.69 Å². The zero-order valence-corrected chi connectivity index (χ0v) is 15.1. The minimum atomic E-state index is -0.677. The minimum Gasteiger partial charge on any atom is -0.452 e. The van der Waals surface area contributed by atoms with Gasteiger partial charge in [-0.2, -0.15) is 0 Å². The molecule has 0 fully saturated rings. The van der Waals surface area contributed by atoms with Crippen molar-refractivity contribution in [2.45, 2.75) is 20.8 Å². The Morgan fingerprint density at radius 1 is 1.04 bits per heavy atom. The molecule has 0 bridgehead atoms. The molecule has 0 spiro atoms. The number of ether oxygens (including phenoxy) is 1. The lowest BCUT2D eigenvalue weighted by atomic mass is 10.1. The van der Waals surface area contributed by atoms with Crippen LogP contribution in [0.15, 0.2) is 30.3 Å². The van der Waals surface area contributed by atoms with E-state index in [1.807, 2.05) is 32.9 Å². The molecule has 4 nitrogen and oxygen atoms in total. The second-order valence-corrected chi connectivity index (χ2v) is 6.37. The first-order chi connectivity index (χ1) is 11.3. The number of carbonyl (C=O) groups is 2. The molecule has 0 saturated heterocycles. The molecule has 0 aliphatic rings. The van der Waals surface area contributed by atoms with E-state index < -0.39 is 18.5 Å². The van der Waals surface area contributed by atoms with E-state index in [0.717, 1.165) is 22.4 Å². The number of anilines is 1. The van der Waals surface area contributed by atoms with Gasteiger partial charge in [0.05, 0.1) is 10.6 Å². The Morgan fingerprint density at radius 3 is 2.25 bits per heavy atom. The summed E-state index contributed by atoms with van der Waals surface area (Å²) >= 11 is 11.7. The van der Waals surface area contributed by atoms with E-state index in [9.17, 15) is 9.59 Å². The van der Waals surface area contributed by atoms with E-state index in [-0.39, 0.29) is 10.6 Å². The van der Waals surface area contributed by atoms with E-state index in [0.29, 0.717) is 5.02 Å². The number of hydrogen-bond acceptors (Lipinski definition) is 3. The fourth-order valence-electron chi connectivity index (χ4n) is 2.42. The van der Waals surface area contributed by atoms with Crippen molar-refractivity contribution in [2.24, 2.45) is 0 Å². The quantitative estimate of drug-likeness (QED) is 0.797. The third kappa shape index (κ3) is 4.49. The van der Waals surface area contributed by atoms with Gasteiger partial charge in [-0.3, -0.25) is 4.79 Å². The molecule has 6 heteroatoms. The monoisotopic (exact) mass is 365 g/mol. The normalized spacial score (nSPS) is 10.4. The van der Waals surface area contributed by atoms with Crippen LogP contribution in [-0.2, 0) is 9.53 Å². The van der Waals surface area contributed by atoms with Gasteiger partial charge in [0.1, 0.15) is 0 Å². The number of aryl methyl sites for hydroxylation is 3. The molecule has 1 amide bonds. The third-order valence-electron chi connectivity index (χ3n) is 3.43. The molecule has 2 aromatic rings. The van der Waals surface area contributed by atoms with Crippen molar-refractivity contribution in [3.63, 3.8) is 0 Å². The molecule has 2 rings (SSSR count). The van der Waals surface area contributed by atoms with E-state index in [1.54, 1.807) is 0 Å². The molecule has 0 atom stereocenters. The van der Waals surface area contributed by atoms with Crippen molar-refractivity contribution < 1.29 is 14.3 Å². The van der Waals surface area contributed by atoms with Gasteiger partial charge in [0.25, 0.3) is 5.91 Å². The Morgan fingerprint density at radius 2 is 1.67 bits per heavy atom. The molecule has 0 saturated carbocycles. The summed E-state index contributed by atoms with van der Waals surface area (Å²) in [5, 5.41) is 3.36. The largest absolute Gasteiger partial charge is 0.452 e. The molecule has 2 aromatic carbocycles. The number of hydrogen-bond donors (Lipinski definition) is 1. The summed E-state index contributed by atoms with van der Waals surface area (Å²) in [6.07, 6.45) is 0.